The summed E-state index contributed by atoms with van der Waals surface area (Å²) in [6.07, 6.45) is 6.22. The van der Waals surface area contributed by atoms with Gasteiger partial charge >= 0.3 is 133 Å². The number of rotatable bonds is 4. The Hall–Kier alpha value is -0.930. The van der Waals surface area contributed by atoms with E-state index < -0.39 is 42.1 Å². The van der Waals surface area contributed by atoms with Gasteiger partial charge in [0.25, 0.3) is 0 Å². The average Bonchev–Trinajstić information content (AvgIpc) is 2.96. The van der Waals surface area contributed by atoms with Crippen molar-refractivity contribution in [2.24, 2.45) is 0 Å². The number of carbonyl (C=O) groups is 1. The standard InChI is InChI=1S/C14H21IN2O4/c1-6-7-11(19-12(18)17-9-8-16-10-17)15-20-13(2,3)14(4,5)21-15/h6,8-11H,1,7H2,2-5H3. The molecule has 0 aromatic carbocycles. The Kier molecular flexibility index (Phi) is 4.74. The molecule has 1 saturated heterocycles. The van der Waals surface area contributed by atoms with Crippen molar-refractivity contribution >= 4 is 26.7 Å². The molecule has 1 aliphatic heterocycles. The van der Waals surface area contributed by atoms with Crippen LogP contribution in [0.4, 0.5) is 4.79 Å². The predicted molar refractivity (Wildman–Crippen MR) is 87.1 cm³/mol. The normalized spacial score (nSPS) is 22.8. The van der Waals surface area contributed by atoms with E-state index in [0.29, 0.717) is 6.42 Å². The molecule has 0 spiro atoms. The van der Waals surface area contributed by atoms with Crippen molar-refractivity contribution in [2.75, 3.05) is 0 Å². The number of hydrogen-bond acceptors (Lipinski definition) is 5. The first kappa shape index (κ1) is 16.4. The van der Waals surface area contributed by atoms with Crippen LogP contribution in [0.1, 0.15) is 34.1 Å². The van der Waals surface area contributed by atoms with Crippen molar-refractivity contribution in [1.82, 2.24) is 9.55 Å². The molecule has 2 rings (SSSR count). The molecule has 7 heteroatoms. The van der Waals surface area contributed by atoms with Crippen molar-refractivity contribution < 1.29 is 15.7 Å². The number of aromatic nitrogens is 2. The van der Waals surface area contributed by atoms with Gasteiger partial charge < -0.3 is 0 Å². The van der Waals surface area contributed by atoms with Crippen molar-refractivity contribution in [3.05, 3.63) is 31.4 Å². The third kappa shape index (κ3) is 3.46. The third-order valence-corrected chi connectivity index (χ3v) is 8.45. The van der Waals surface area contributed by atoms with Crippen molar-refractivity contribution in [3.8, 4) is 0 Å². The first-order chi connectivity index (χ1) is 9.77. The monoisotopic (exact) mass is 408 g/mol. The molecule has 0 radical (unpaired) electrons. The first-order valence-electron chi connectivity index (χ1n) is 6.64. The molecule has 0 amide bonds. The molecule has 1 unspecified atom stereocenters. The molecule has 1 atom stereocenters. The fourth-order valence-corrected chi connectivity index (χ4v) is 6.59. The third-order valence-electron chi connectivity index (χ3n) is 3.48. The van der Waals surface area contributed by atoms with E-state index in [4.69, 9.17) is 10.9 Å². The number of halogens is 1. The van der Waals surface area contributed by atoms with Gasteiger partial charge in [-0.25, -0.2) is 0 Å². The summed E-state index contributed by atoms with van der Waals surface area (Å²) >= 11 is -2.37. The summed E-state index contributed by atoms with van der Waals surface area (Å²) in [5.41, 5.74) is -0.808. The van der Waals surface area contributed by atoms with Gasteiger partial charge in [-0.15, -0.1) is 0 Å². The maximum absolute atomic E-state index is 12.1. The molecular weight excluding hydrogens is 387 g/mol. The van der Waals surface area contributed by atoms with Gasteiger partial charge in [-0.3, -0.25) is 0 Å². The summed E-state index contributed by atoms with van der Waals surface area (Å²) < 4.78 is 18.6. The van der Waals surface area contributed by atoms with Gasteiger partial charge in [0.1, 0.15) is 0 Å². The van der Waals surface area contributed by atoms with Gasteiger partial charge in [-0.2, -0.15) is 0 Å². The SMILES string of the molecule is C=CCC(OC(=O)n1ccnc1)I1OC(C)(C)C(C)(C)O1. The maximum atomic E-state index is 12.1. The van der Waals surface area contributed by atoms with Crippen LogP contribution in [0.15, 0.2) is 31.4 Å². The average molecular weight is 408 g/mol. The van der Waals surface area contributed by atoms with Crippen LogP contribution in [-0.4, -0.2) is 31.0 Å². The Balaban J connectivity index is 2.10. The molecule has 1 aromatic heterocycles. The fraction of sp³-hybridized carbons (Fsp3) is 0.571. The van der Waals surface area contributed by atoms with Crippen molar-refractivity contribution in [1.29, 1.82) is 0 Å². The summed E-state index contributed by atoms with van der Waals surface area (Å²) in [6, 6.07) is 0. The number of ether oxygens (including phenoxy) is 1. The van der Waals surface area contributed by atoms with E-state index in [1.807, 2.05) is 27.7 Å². The minimum atomic E-state index is -2.37. The van der Waals surface area contributed by atoms with Crippen molar-refractivity contribution in [3.63, 3.8) is 0 Å². The zero-order valence-corrected chi connectivity index (χ0v) is 14.9. The van der Waals surface area contributed by atoms with E-state index >= 15 is 0 Å². The molecule has 2 heterocycles. The van der Waals surface area contributed by atoms with E-state index in [9.17, 15) is 4.79 Å². The van der Waals surface area contributed by atoms with Crippen LogP contribution in [0.3, 0.4) is 0 Å². The van der Waals surface area contributed by atoms with Crippen LogP contribution in [0.2, 0.25) is 0 Å². The number of imidazole rings is 1. The Morgan fingerprint density at radius 2 is 2.05 bits per heavy atom. The van der Waals surface area contributed by atoms with Gasteiger partial charge in [0.05, 0.1) is 0 Å². The van der Waals surface area contributed by atoms with Crippen LogP contribution in [0.5, 0.6) is 0 Å². The number of nitrogens with zero attached hydrogens (tertiary/aromatic N) is 2. The fourth-order valence-electron chi connectivity index (χ4n) is 1.51. The minimum absolute atomic E-state index is 0.400. The molecule has 0 N–H and O–H groups in total. The van der Waals surface area contributed by atoms with Crippen LogP contribution in [0, 0.1) is 0 Å². The topological polar surface area (TPSA) is 62.6 Å². The van der Waals surface area contributed by atoms with Crippen LogP contribution in [-0.2, 0) is 10.9 Å². The van der Waals surface area contributed by atoms with E-state index in [1.54, 1.807) is 12.3 Å². The zero-order chi connectivity index (χ0) is 15.7. The molecule has 118 valence electrons. The number of hydrogen-bond donors (Lipinski definition) is 0. The second kappa shape index (κ2) is 6.05. The van der Waals surface area contributed by atoms with E-state index in [2.05, 4.69) is 11.6 Å². The van der Waals surface area contributed by atoms with E-state index in [-0.39, 0.29) is 0 Å². The van der Waals surface area contributed by atoms with Crippen LogP contribution >= 0.6 is 20.6 Å². The number of carbonyl (C=O) groups excluding carboxylic acids is 1. The molecule has 0 saturated carbocycles. The van der Waals surface area contributed by atoms with Gasteiger partial charge in [0.15, 0.2) is 0 Å². The molecule has 0 bridgehead atoms. The van der Waals surface area contributed by atoms with E-state index in [1.165, 1.54) is 17.1 Å². The Morgan fingerprint density at radius 3 is 2.52 bits per heavy atom. The van der Waals surface area contributed by atoms with Crippen LogP contribution in [0.25, 0.3) is 0 Å². The molecule has 0 aliphatic carbocycles. The zero-order valence-electron chi connectivity index (χ0n) is 12.7. The Morgan fingerprint density at radius 1 is 1.43 bits per heavy atom. The van der Waals surface area contributed by atoms with Gasteiger partial charge in [-0.1, -0.05) is 0 Å². The second-order valence-electron chi connectivity index (χ2n) is 5.70. The summed E-state index contributed by atoms with van der Waals surface area (Å²) in [5.74, 6) is 0. The van der Waals surface area contributed by atoms with E-state index in [0.717, 1.165) is 0 Å². The quantitative estimate of drug-likeness (QED) is 0.432. The Labute approximate surface area is 133 Å². The molecule has 6 nitrogen and oxygen atoms in total. The predicted octanol–water partition coefficient (Wildman–Crippen LogP) is 3.71. The molecule has 1 fully saturated rings. The molecule has 21 heavy (non-hydrogen) atoms. The van der Waals surface area contributed by atoms with Gasteiger partial charge in [0.2, 0.25) is 0 Å². The summed E-state index contributed by atoms with van der Waals surface area (Å²) in [4.78, 5) is 15.9. The Bertz CT molecular complexity index is 497. The summed E-state index contributed by atoms with van der Waals surface area (Å²) in [7, 11) is 0. The summed E-state index contributed by atoms with van der Waals surface area (Å²) in [6.45, 7) is 11.7. The van der Waals surface area contributed by atoms with Crippen molar-refractivity contribution in [2.45, 2.75) is 49.4 Å². The van der Waals surface area contributed by atoms with Gasteiger partial charge in [0, 0.05) is 0 Å². The molecular formula is C14H21IN2O4. The second-order valence-corrected chi connectivity index (χ2v) is 9.35. The van der Waals surface area contributed by atoms with Gasteiger partial charge in [-0.05, 0) is 0 Å². The molecule has 1 aromatic rings. The summed E-state index contributed by atoms with van der Waals surface area (Å²) in [5, 5.41) is 0. The first-order valence-corrected chi connectivity index (χ1v) is 9.65. The number of alkyl halides is 1. The molecule has 1 aliphatic rings. The van der Waals surface area contributed by atoms with Crippen LogP contribution < -0.4 is 0 Å².